The summed E-state index contributed by atoms with van der Waals surface area (Å²) < 4.78 is 1.83. The summed E-state index contributed by atoms with van der Waals surface area (Å²) in [6.07, 6.45) is 3.39. The van der Waals surface area contributed by atoms with Crippen LogP contribution in [0.3, 0.4) is 0 Å². The van der Waals surface area contributed by atoms with Crippen molar-refractivity contribution in [1.29, 1.82) is 0 Å². The van der Waals surface area contributed by atoms with Crippen LogP contribution in [0, 0.1) is 11.8 Å². The fourth-order valence-corrected chi connectivity index (χ4v) is 3.67. The minimum Gasteiger partial charge on any atom is -0.385 e. The van der Waals surface area contributed by atoms with Gasteiger partial charge < -0.3 is 5.73 Å². The van der Waals surface area contributed by atoms with Crippen LogP contribution in [0.15, 0.2) is 35.1 Å². The van der Waals surface area contributed by atoms with Crippen LogP contribution in [0.2, 0.25) is 0 Å². The van der Waals surface area contributed by atoms with E-state index in [4.69, 9.17) is 5.73 Å². The third-order valence-corrected chi connectivity index (χ3v) is 4.71. The van der Waals surface area contributed by atoms with E-state index in [9.17, 15) is 4.79 Å². The quantitative estimate of drug-likeness (QED) is 0.861. The van der Waals surface area contributed by atoms with E-state index in [-0.39, 0.29) is 11.6 Å². The fraction of sp³-hybridized carbons (Fsp3) is 0.471. The molecule has 2 N–H and O–H groups in total. The lowest BCUT2D eigenvalue weighted by molar-refractivity contribution is 0.206. The number of nitrogens with two attached hydrogens (primary N) is 1. The lowest BCUT2D eigenvalue weighted by atomic mass is 9.79. The topological polar surface area (TPSA) is 48.0 Å². The Balaban J connectivity index is 2.14. The minimum atomic E-state index is 0.0620. The molecule has 0 amide bonds. The third kappa shape index (κ3) is 2.11. The summed E-state index contributed by atoms with van der Waals surface area (Å²) >= 11 is 0. The van der Waals surface area contributed by atoms with Gasteiger partial charge in [-0.25, -0.2) is 0 Å². The van der Waals surface area contributed by atoms with Crippen molar-refractivity contribution < 1.29 is 0 Å². The van der Waals surface area contributed by atoms with Gasteiger partial charge in [-0.2, -0.15) is 0 Å². The number of benzene rings is 1. The number of aromatic nitrogens is 1. The summed E-state index contributed by atoms with van der Waals surface area (Å²) in [6.45, 7) is 4.53. The lowest BCUT2D eigenvalue weighted by Crippen LogP contribution is -2.33. The summed E-state index contributed by atoms with van der Waals surface area (Å²) in [7, 11) is 0. The Morgan fingerprint density at radius 3 is 2.70 bits per heavy atom. The molecule has 0 bridgehead atoms. The minimum absolute atomic E-state index is 0.0620. The van der Waals surface area contributed by atoms with Crippen molar-refractivity contribution in [3.63, 3.8) is 0 Å². The van der Waals surface area contributed by atoms with Gasteiger partial charge in [0.25, 0.3) is 5.56 Å². The predicted octanol–water partition coefficient (Wildman–Crippen LogP) is 3.58. The van der Waals surface area contributed by atoms with Gasteiger partial charge in [-0.15, -0.1) is 0 Å². The van der Waals surface area contributed by atoms with Gasteiger partial charge in [-0.1, -0.05) is 32.0 Å². The van der Waals surface area contributed by atoms with Crippen molar-refractivity contribution in [3.05, 3.63) is 40.7 Å². The molecule has 1 aliphatic carbocycles. The molecule has 1 aromatic heterocycles. The molecule has 20 heavy (non-hydrogen) atoms. The molecule has 0 saturated heterocycles. The van der Waals surface area contributed by atoms with Crippen molar-refractivity contribution in [2.75, 3.05) is 5.73 Å². The Hall–Kier alpha value is -1.77. The van der Waals surface area contributed by atoms with E-state index in [0.717, 1.165) is 23.1 Å². The van der Waals surface area contributed by atoms with Crippen LogP contribution in [-0.2, 0) is 0 Å². The molecule has 1 aliphatic rings. The number of anilines is 1. The van der Waals surface area contributed by atoms with Crippen LogP contribution in [0.4, 0.5) is 5.82 Å². The molecule has 1 fully saturated rings. The van der Waals surface area contributed by atoms with Crippen molar-refractivity contribution in [3.8, 4) is 0 Å². The molecule has 3 atom stereocenters. The van der Waals surface area contributed by atoms with E-state index >= 15 is 0 Å². The molecule has 2 aromatic rings. The smallest absolute Gasteiger partial charge is 0.260 e. The van der Waals surface area contributed by atoms with Crippen LogP contribution in [0.5, 0.6) is 0 Å². The van der Waals surface area contributed by atoms with Crippen LogP contribution < -0.4 is 11.3 Å². The zero-order chi connectivity index (χ0) is 14.3. The average Bonchev–Trinajstić information content (AvgIpc) is 2.41. The van der Waals surface area contributed by atoms with E-state index < -0.39 is 0 Å². The Kier molecular flexibility index (Phi) is 3.28. The number of pyridine rings is 1. The van der Waals surface area contributed by atoms with E-state index in [1.165, 1.54) is 12.8 Å². The maximum Gasteiger partial charge on any atom is 0.260 e. The Morgan fingerprint density at radius 2 is 1.95 bits per heavy atom. The average molecular weight is 270 g/mol. The largest absolute Gasteiger partial charge is 0.385 e. The normalized spacial score (nSPS) is 26.8. The van der Waals surface area contributed by atoms with Gasteiger partial charge in [0.1, 0.15) is 5.82 Å². The zero-order valence-corrected chi connectivity index (χ0v) is 12.2. The first-order chi connectivity index (χ1) is 9.58. The van der Waals surface area contributed by atoms with Crippen molar-refractivity contribution in [2.45, 2.75) is 39.2 Å². The Morgan fingerprint density at radius 1 is 1.20 bits per heavy atom. The number of hydrogen-bond acceptors (Lipinski definition) is 2. The molecule has 0 radical (unpaired) electrons. The number of nitrogens with zero attached hydrogens (tertiary/aromatic N) is 1. The molecule has 3 heteroatoms. The molecular formula is C17H22N2O. The van der Waals surface area contributed by atoms with Gasteiger partial charge in [0.05, 0.1) is 0 Å². The molecule has 3 nitrogen and oxygen atoms in total. The number of nitrogen functional groups attached to an aromatic ring is 1. The van der Waals surface area contributed by atoms with Gasteiger partial charge in [-0.3, -0.25) is 9.36 Å². The highest BCUT2D eigenvalue weighted by atomic mass is 16.1. The predicted molar refractivity (Wildman–Crippen MR) is 83.8 cm³/mol. The summed E-state index contributed by atoms with van der Waals surface area (Å²) in [5.74, 6) is 1.85. The maximum atomic E-state index is 12.8. The van der Waals surface area contributed by atoms with Crippen molar-refractivity contribution >= 4 is 16.6 Å². The molecule has 106 valence electrons. The highest BCUT2D eigenvalue weighted by Crippen LogP contribution is 2.37. The molecule has 0 aliphatic heterocycles. The van der Waals surface area contributed by atoms with Crippen LogP contribution in [0.25, 0.3) is 10.8 Å². The second-order valence-corrected chi connectivity index (χ2v) is 6.29. The Labute approximate surface area is 119 Å². The SMILES string of the molecule is CC1CCC(n2c(N)cc3ccccc3c2=O)C(C)C1. The van der Waals surface area contributed by atoms with E-state index in [1.807, 2.05) is 34.9 Å². The first-order valence-electron chi connectivity index (χ1n) is 7.47. The number of fused-ring (bicyclic) bond motifs is 1. The molecule has 1 saturated carbocycles. The molecule has 3 unspecified atom stereocenters. The fourth-order valence-electron chi connectivity index (χ4n) is 3.67. The van der Waals surface area contributed by atoms with Crippen LogP contribution in [0.1, 0.15) is 39.2 Å². The van der Waals surface area contributed by atoms with Crippen molar-refractivity contribution in [2.24, 2.45) is 11.8 Å². The number of rotatable bonds is 1. The first-order valence-corrected chi connectivity index (χ1v) is 7.47. The highest BCUT2D eigenvalue weighted by molar-refractivity contribution is 5.83. The highest BCUT2D eigenvalue weighted by Gasteiger charge is 2.28. The lowest BCUT2D eigenvalue weighted by Gasteiger charge is -2.34. The number of hydrogen-bond donors (Lipinski definition) is 1. The summed E-state index contributed by atoms with van der Waals surface area (Å²) in [5.41, 5.74) is 6.24. The van der Waals surface area contributed by atoms with Gasteiger partial charge in [-0.05, 0) is 48.6 Å². The molecule has 1 heterocycles. The van der Waals surface area contributed by atoms with Gasteiger partial charge in [0.2, 0.25) is 0 Å². The third-order valence-electron chi connectivity index (χ3n) is 4.71. The molecule has 3 rings (SSSR count). The standard InChI is InChI=1S/C17H22N2O/c1-11-7-8-15(12(2)9-11)19-16(18)10-13-5-3-4-6-14(13)17(19)20/h3-6,10-12,15H,7-9,18H2,1-2H3. The Bertz CT molecular complexity index is 689. The maximum absolute atomic E-state index is 12.8. The van der Waals surface area contributed by atoms with E-state index in [0.29, 0.717) is 11.7 Å². The zero-order valence-electron chi connectivity index (χ0n) is 12.2. The molecule has 1 aromatic carbocycles. The van der Waals surface area contributed by atoms with E-state index in [2.05, 4.69) is 13.8 Å². The first kappa shape index (κ1) is 13.2. The van der Waals surface area contributed by atoms with Crippen LogP contribution >= 0.6 is 0 Å². The summed E-state index contributed by atoms with van der Waals surface area (Å²) in [4.78, 5) is 12.8. The van der Waals surface area contributed by atoms with Gasteiger partial charge in [0, 0.05) is 11.4 Å². The monoisotopic (exact) mass is 270 g/mol. The van der Waals surface area contributed by atoms with Crippen LogP contribution in [-0.4, -0.2) is 4.57 Å². The summed E-state index contributed by atoms with van der Waals surface area (Å²) in [6, 6.07) is 9.87. The van der Waals surface area contributed by atoms with Gasteiger partial charge >= 0.3 is 0 Å². The molecule has 0 spiro atoms. The second kappa shape index (κ2) is 4.97. The van der Waals surface area contributed by atoms with Crippen molar-refractivity contribution in [1.82, 2.24) is 4.57 Å². The van der Waals surface area contributed by atoms with Gasteiger partial charge in [0.15, 0.2) is 0 Å². The van der Waals surface area contributed by atoms with E-state index in [1.54, 1.807) is 0 Å². The molecular weight excluding hydrogens is 248 g/mol. The summed E-state index contributed by atoms with van der Waals surface area (Å²) in [5, 5.41) is 1.70. The second-order valence-electron chi connectivity index (χ2n) is 6.29.